The van der Waals surface area contributed by atoms with Crippen molar-refractivity contribution in [2.45, 2.75) is 18.6 Å². The lowest BCUT2D eigenvalue weighted by Crippen LogP contribution is -2.14. The number of carbonyl (C=O) groups is 1. The zero-order chi connectivity index (χ0) is 13.7. The van der Waals surface area contributed by atoms with E-state index in [0.717, 1.165) is 6.54 Å². The summed E-state index contributed by atoms with van der Waals surface area (Å²) in [6.07, 6.45) is 1.63. The fraction of sp³-hybridized carbons (Fsp3) is 0.250. The first-order valence-corrected chi connectivity index (χ1v) is 6.73. The van der Waals surface area contributed by atoms with Gasteiger partial charge in [-0.15, -0.1) is 10.2 Å². The van der Waals surface area contributed by atoms with E-state index < -0.39 is 0 Å². The maximum Gasteiger partial charge on any atom is 0.234 e. The zero-order valence-corrected chi connectivity index (χ0v) is 11.2. The first kappa shape index (κ1) is 13.5. The summed E-state index contributed by atoms with van der Waals surface area (Å²) in [5.41, 5.74) is 0.573. The molecule has 0 aliphatic heterocycles. The second kappa shape index (κ2) is 6.33. The van der Waals surface area contributed by atoms with Gasteiger partial charge >= 0.3 is 0 Å². The summed E-state index contributed by atoms with van der Waals surface area (Å²) in [4.78, 5) is 11.7. The zero-order valence-electron chi connectivity index (χ0n) is 10.3. The van der Waals surface area contributed by atoms with Gasteiger partial charge in [0.05, 0.1) is 5.75 Å². The summed E-state index contributed by atoms with van der Waals surface area (Å²) < 4.78 is 14.6. The van der Waals surface area contributed by atoms with Gasteiger partial charge in [-0.3, -0.25) is 4.79 Å². The molecule has 0 spiro atoms. The standard InChI is InChI=1S/C12H13FN4OS/c1-2-17-8-14-16-12(17)19-7-11(18)15-10-5-3-9(13)4-6-10/h3-6,8H,2,7H2,1H3,(H,15,18). The Morgan fingerprint density at radius 1 is 1.42 bits per heavy atom. The van der Waals surface area contributed by atoms with E-state index in [-0.39, 0.29) is 17.5 Å². The lowest BCUT2D eigenvalue weighted by molar-refractivity contribution is -0.113. The lowest BCUT2D eigenvalue weighted by Gasteiger charge is -2.05. The molecule has 1 aromatic heterocycles. The third-order valence-electron chi connectivity index (χ3n) is 2.38. The normalized spacial score (nSPS) is 10.4. The van der Waals surface area contributed by atoms with Crippen LogP contribution in [0.2, 0.25) is 0 Å². The average molecular weight is 280 g/mol. The summed E-state index contributed by atoms with van der Waals surface area (Å²) in [6, 6.07) is 5.64. The highest BCUT2D eigenvalue weighted by Crippen LogP contribution is 2.15. The van der Waals surface area contributed by atoms with Crippen LogP contribution in [-0.4, -0.2) is 26.4 Å². The van der Waals surface area contributed by atoms with Gasteiger partial charge in [0.1, 0.15) is 12.1 Å². The van der Waals surface area contributed by atoms with Crippen LogP contribution in [0.5, 0.6) is 0 Å². The van der Waals surface area contributed by atoms with Gasteiger partial charge in [-0.1, -0.05) is 11.8 Å². The molecule has 1 N–H and O–H groups in total. The van der Waals surface area contributed by atoms with Crippen molar-refractivity contribution in [3.05, 3.63) is 36.4 Å². The van der Waals surface area contributed by atoms with E-state index in [1.807, 2.05) is 11.5 Å². The summed E-state index contributed by atoms with van der Waals surface area (Å²) in [5, 5.41) is 11.1. The molecule has 2 rings (SSSR count). The molecule has 0 unspecified atom stereocenters. The van der Waals surface area contributed by atoms with Crippen molar-refractivity contribution in [3.8, 4) is 0 Å². The molecule has 0 aliphatic rings. The minimum absolute atomic E-state index is 0.165. The number of nitrogens with zero attached hydrogens (tertiary/aromatic N) is 3. The molecule has 0 atom stereocenters. The Morgan fingerprint density at radius 3 is 2.84 bits per heavy atom. The number of amides is 1. The van der Waals surface area contributed by atoms with E-state index in [9.17, 15) is 9.18 Å². The van der Waals surface area contributed by atoms with Gasteiger partial charge in [0.15, 0.2) is 5.16 Å². The molecule has 7 heteroatoms. The third-order valence-corrected chi connectivity index (χ3v) is 3.36. The molecule has 0 saturated heterocycles. The van der Waals surface area contributed by atoms with Crippen LogP contribution in [0.1, 0.15) is 6.92 Å². The van der Waals surface area contributed by atoms with Crippen molar-refractivity contribution in [1.29, 1.82) is 0 Å². The van der Waals surface area contributed by atoms with Gasteiger partial charge in [0.25, 0.3) is 0 Å². The Hall–Kier alpha value is -1.89. The van der Waals surface area contributed by atoms with Crippen molar-refractivity contribution >= 4 is 23.4 Å². The number of hydrogen-bond donors (Lipinski definition) is 1. The van der Waals surface area contributed by atoms with Crippen molar-refractivity contribution in [3.63, 3.8) is 0 Å². The number of aryl methyl sites for hydroxylation is 1. The molecule has 0 fully saturated rings. The van der Waals surface area contributed by atoms with Crippen LogP contribution in [0, 0.1) is 5.82 Å². The number of aromatic nitrogens is 3. The minimum Gasteiger partial charge on any atom is -0.325 e. The number of rotatable bonds is 5. The Balaban J connectivity index is 1.86. The Kier molecular flexibility index (Phi) is 4.51. The van der Waals surface area contributed by atoms with Gasteiger partial charge in [-0.05, 0) is 31.2 Å². The van der Waals surface area contributed by atoms with Gasteiger partial charge in [0, 0.05) is 12.2 Å². The monoisotopic (exact) mass is 280 g/mol. The average Bonchev–Trinajstić information content (AvgIpc) is 2.86. The number of halogens is 1. The molecule has 2 aromatic rings. The highest BCUT2D eigenvalue weighted by atomic mass is 32.2. The Bertz CT molecular complexity index is 555. The van der Waals surface area contributed by atoms with Crippen molar-refractivity contribution in [1.82, 2.24) is 14.8 Å². The van der Waals surface area contributed by atoms with Gasteiger partial charge in [0.2, 0.25) is 5.91 Å². The van der Waals surface area contributed by atoms with E-state index in [0.29, 0.717) is 10.8 Å². The highest BCUT2D eigenvalue weighted by molar-refractivity contribution is 7.99. The Morgan fingerprint density at radius 2 is 2.16 bits per heavy atom. The van der Waals surface area contributed by atoms with Crippen molar-refractivity contribution in [2.24, 2.45) is 0 Å². The second-order valence-corrected chi connectivity index (χ2v) is 4.69. The van der Waals surface area contributed by atoms with Crippen molar-refractivity contribution in [2.75, 3.05) is 11.1 Å². The van der Waals surface area contributed by atoms with Gasteiger partial charge in [-0.2, -0.15) is 0 Å². The van der Waals surface area contributed by atoms with Gasteiger partial charge < -0.3 is 9.88 Å². The molecule has 5 nitrogen and oxygen atoms in total. The second-order valence-electron chi connectivity index (χ2n) is 3.74. The molecule has 1 aromatic carbocycles. The summed E-state index contributed by atoms with van der Waals surface area (Å²) >= 11 is 1.31. The molecule has 0 radical (unpaired) electrons. The number of nitrogens with one attached hydrogen (secondary N) is 1. The number of benzene rings is 1. The fourth-order valence-electron chi connectivity index (χ4n) is 1.43. The SMILES string of the molecule is CCn1cnnc1SCC(=O)Nc1ccc(F)cc1. The predicted molar refractivity (Wildman–Crippen MR) is 71.4 cm³/mol. The quantitative estimate of drug-likeness (QED) is 0.853. The molecule has 100 valence electrons. The molecule has 1 amide bonds. The maximum atomic E-state index is 12.7. The number of anilines is 1. The lowest BCUT2D eigenvalue weighted by atomic mass is 10.3. The fourth-order valence-corrected chi connectivity index (χ4v) is 2.21. The van der Waals surface area contributed by atoms with Crippen LogP contribution < -0.4 is 5.32 Å². The minimum atomic E-state index is -0.330. The van der Waals surface area contributed by atoms with Crippen molar-refractivity contribution < 1.29 is 9.18 Å². The molecular weight excluding hydrogens is 267 g/mol. The largest absolute Gasteiger partial charge is 0.325 e. The summed E-state index contributed by atoms with van der Waals surface area (Å²) in [5.74, 6) is -0.263. The van der Waals surface area contributed by atoms with Crippen LogP contribution in [0.4, 0.5) is 10.1 Å². The molecule has 19 heavy (non-hydrogen) atoms. The van der Waals surface area contributed by atoms with Crippen LogP contribution in [0.25, 0.3) is 0 Å². The van der Waals surface area contributed by atoms with E-state index in [1.54, 1.807) is 6.33 Å². The Labute approximate surface area is 114 Å². The van der Waals surface area contributed by atoms with Crippen LogP contribution >= 0.6 is 11.8 Å². The number of hydrogen-bond acceptors (Lipinski definition) is 4. The smallest absolute Gasteiger partial charge is 0.234 e. The molecule has 1 heterocycles. The van der Waals surface area contributed by atoms with Crippen LogP contribution in [0.3, 0.4) is 0 Å². The van der Waals surface area contributed by atoms with E-state index in [2.05, 4.69) is 15.5 Å². The van der Waals surface area contributed by atoms with Crippen LogP contribution in [0.15, 0.2) is 35.7 Å². The van der Waals surface area contributed by atoms with Gasteiger partial charge in [-0.25, -0.2) is 4.39 Å². The summed E-state index contributed by atoms with van der Waals surface area (Å²) in [6.45, 7) is 2.74. The number of thioether (sulfide) groups is 1. The maximum absolute atomic E-state index is 12.7. The topological polar surface area (TPSA) is 59.8 Å². The van der Waals surface area contributed by atoms with E-state index in [4.69, 9.17) is 0 Å². The highest BCUT2D eigenvalue weighted by Gasteiger charge is 2.08. The molecular formula is C12H13FN4OS. The van der Waals surface area contributed by atoms with Crippen LogP contribution in [-0.2, 0) is 11.3 Å². The first-order chi connectivity index (χ1) is 9.19. The first-order valence-electron chi connectivity index (χ1n) is 5.75. The van der Waals surface area contributed by atoms with E-state index in [1.165, 1.54) is 36.0 Å². The predicted octanol–water partition coefficient (Wildman–Crippen LogP) is 2.17. The molecule has 0 aliphatic carbocycles. The molecule has 0 bridgehead atoms. The van der Waals surface area contributed by atoms with E-state index >= 15 is 0 Å². The number of carbonyl (C=O) groups excluding carboxylic acids is 1. The molecule has 0 saturated carbocycles. The third kappa shape index (κ3) is 3.78. The summed E-state index contributed by atoms with van der Waals surface area (Å²) in [7, 11) is 0.